The third-order valence-corrected chi connectivity index (χ3v) is 4.83. The van der Waals surface area contributed by atoms with Gasteiger partial charge in [0, 0.05) is 5.92 Å². The van der Waals surface area contributed by atoms with E-state index in [9.17, 15) is 9.90 Å². The Morgan fingerprint density at radius 2 is 1.48 bits per heavy atom. The highest BCUT2D eigenvalue weighted by Gasteiger charge is 2.45. The Hall–Kier alpha value is -0.810. The van der Waals surface area contributed by atoms with Crippen LogP contribution in [-0.4, -0.2) is 40.3 Å². The Labute approximate surface area is 141 Å². The molecular weight excluding hydrogens is 296 g/mol. The van der Waals surface area contributed by atoms with Crippen molar-refractivity contribution in [2.45, 2.75) is 98.1 Å². The number of hydrogen-bond acceptors (Lipinski definition) is 5. The second-order valence-electron chi connectivity index (χ2n) is 8.45. The molecule has 0 amide bonds. The van der Waals surface area contributed by atoms with Gasteiger partial charge in [-0.25, -0.2) is 4.79 Å². The largest absolute Gasteiger partial charge is 0.508 e. The first kappa shape index (κ1) is 22.2. The molecule has 0 fully saturated rings. The third-order valence-electron chi connectivity index (χ3n) is 4.83. The lowest BCUT2D eigenvalue weighted by Gasteiger charge is -2.44. The Balaban J connectivity index is 4.75. The minimum atomic E-state index is -0.913. The SMILES string of the molecule is CCC(C)(C)OC(C)(C)C(C)(C)OC(=O)OCC(C)C(C)(C)O. The zero-order valence-electron chi connectivity index (χ0n) is 16.6. The fourth-order valence-corrected chi connectivity index (χ4v) is 1.64. The van der Waals surface area contributed by atoms with Gasteiger partial charge in [-0.05, 0) is 61.8 Å². The Morgan fingerprint density at radius 3 is 1.87 bits per heavy atom. The number of carbonyl (C=O) groups is 1. The molecule has 0 aliphatic rings. The lowest BCUT2D eigenvalue weighted by molar-refractivity contribution is -0.209. The highest BCUT2D eigenvalue weighted by atomic mass is 16.7. The van der Waals surface area contributed by atoms with Gasteiger partial charge < -0.3 is 19.3 Å². The maximum atomic E-state index is 12.0. The second kappa shape index (κ2) is 7.39. The molecule has 138 valence electrons. The van der Waals surface area contributed by atoms with E-state index in [0.29, 0.717) is 0 Å². The summed E-state index contributed by atoms with van der Waals surface area (Å²) >= 11 is 0. The molecule has 0 spiro atoms. The molecule has 0 bridgehead atoms. The van der Waals surface area contributed by atoms with Crippen LogP contribution in [0.25, 0.3) is 0 Å². The smallest absolute Gasteiger partial charge is 0.434 e. The maximum Gasteiger partial charge on any atom is 0.508 e. The van der Waals surface area contributed by atoms with Crippen LogP contribution in [0.4, 0.5) is 4.79 Å². The summed E-state index contributed by atoms with van der Waals surface area (Å²) < 4.78 is 16.8. The first-order chi connectivity index (χ1) is 10.0. The van der Waals surface area contributed by atoms with Crippen molar-refractivity contribution in [3.63, 3.8) is 0 Å². The summed E-state index contributed by atoms with van der Waals surface area (Å²) in [5.41, 5.74) is -2.78. The van der Waals surface area contributed by atoms with Gasteiger partial charge in [0.15, 0.2) is 0 Å². The van der Waals surface area contributed by atoms with Crippen molar-refractivity contribution in [3.05, 3.63) is 0 Å². The van der Waals surface area contributed by atoms with E-state index >= 15 is 0 Å². The molecule has 0 radical (unpaired) electrons. The number of carbonyl (C=O) groups excluding carboxylic acids is 1. The van der Waals surface area contributed by atoms with Gasteiger partial charge >= 0.3 is 6.16 Å². The lowest BCUT2D eigenvalue weighted by Crippen LogP contribution is -2.54. The topological polar surface area (TPSA) is 65.0 Å². The Morgan fingerprint density at radius 1 is 1.00 bits per heavy atom. The van der Waals surface area contributed by atoms with Crippen molar-refractivity contribution < 1.29 is 24.1 Å². The molecule has 0 aromatic rings. The van der Waals surface area contributed by atoms with E-state index in [1.54, 1.807) is 27.7 Å². The molecule has 0 aromatic heterocycles. The van der Waals surface area contributed by atoms with Crippen LogP contribution in [0.2, 0.25) is 0 Å². The van der Waals surface area contributed by atoms with Crippen molar-refractivity contribution in [2.75, 3.05) is 6.61 Å². The van der Waals surface area contributed by atoms with Gasteiger partial charge in [0.2, 0.25) is 0 Å². The second-order valence-corrected chi connectivity index (χ2v) is 8.45. The van der Waals surface area contributed by atoms with Crippen molar-refractivity contribution in [2.24, 2.45) is 5.92 Å². The van der Waals surface area contributed by atoms with Crippen LogP contribution < -0.4 is 0 Å². The molecule has 23 heavy (non-hydrogen) atoms. The van der Waals surface area contributed by atoms with Gasteiger partial charge in [-0.2, -0.15) is 0 Å². The van der Waals surface area contributed by atoms with E-state index in [0.717, 1.165) is 6.42 Å². The maximum absolute atomic E-state index is 12.0. The fourth-order valence-electron chi connectivity index (χ4n) is 1.64. The first-order valence-corrected chi connectivity index (χ1v) is 8.32. The molecule has 0 saturated heterocycles. The van der Waals surface area contributed by atoms with Gasteiger partial charge in [-0.1, -0.05) is 13.8 Å². The molecule has 0 aliphatic carbocycles. The fraction of sp³-hybridized carbons (Fsp3) is 0.944. The average molecular weight is 332 g/mol. The summed E-state index contributed by atoms with van der Waals surface area (Å²) in [7, 11) is 0. The monoisotopic (exact) mass is 332 g/mol. The number of aliphatic hydroxyl groups is 1. The summed E-state index contributed by atoms with van der Waals surface area (Å²) in [5.74, 6) is -0.193. The molecular formula is C18H36O5. The molecule has 0 aliphatic heterocycles. The van der Waals surface area contributed by atoms with Crippen LogP contribution in [0.3, 0.4) is 0 Å². The van der Waals surface area contributed by atoms with Gasteiger partial charge in [0.25, 0.3) is 0 Å². The number of ether oxygens (including phenoxy) is 3. The highest BCUT2D eigenvalue weighted by Crippen LogP contribution is 2.34. The van der Waals surface area contributed by atoms with E-state index in [1.807, 2.05) is 34.6 Å². The molecule has 1 unspecified atom stereocenters. The summed E-state index contributed by atoms with van der Waals surface area (Å²) in [5, 5.41) is 9.86. The lowest BCUT2D eigenvalue weighted by atomic mass is 9.87. The quantitative estimate of drug-likeness (QED) is 0.671. The van der Waals surface area contributed by atoms with Crippen LogP contribution in [0.1, 0.15) is 75.7 Å². The highest BCUT2D eigenvalue weighted by molar-refractivity contribution is 5.60. The first-order valence-electron chi connectivity index (χ1n) is 8.32. The third kappa shape index (κ3) is 7.08. The molecule has 1 atom stereocenters. The van der Waals surface area contributed by atoms with Gasteiger partial charge in [0.1, 0.15) is 17.8 Å². The summed E-state index contributed by atoms with van der Waals surface area (Å²) in [6, 6.07) is 0. The predicted molar refractivity (Wildman–Crippen MR) is 91.5 cm³/mol. The summed E-state index contributed by atoms with van der Waals surface area (Å²) in [4.78, 5) is 12.0. The minimum Gasteiger partial charge on any atom is -0.434 e. The molecule has 1 N–H and O–H groups in total. The molecule has 5 heteroatoms. The van der Waals surface area contributed by atoms with E-state index in [2.05, 4.69) is 6.92 Å². The molecule has 0 aromatic carbocycles. The van der Waals surface area contributed by atoms with E-state index in [1.165, 1.54) is 0 Å². The van der Waals surface area contributed by atoms with Crippen LogP contribution in [-0.2, 0) is 14.2 Å². The van der Waals surface area contributed by atoms with Crippen molar-refractivity contribution in [3.8, 4) is 0 Å². The Kier molecular flexibility index (Phi) is 7.13. The normalized spacial score (nSPS) is 15.3. The zero-order chi connectivity index (χ0) is 18.7. The van der Waals surface area contributed by atoms with E-state index in [-0.39, 0.29) is 18.1 Å². The molecule has 0 saturated carbocycles. The minimum absolute atomic E-state index is 0.0974. The van der Waals surface area contributed by atoms with E-state index < -0.39 is 23.0 Å². The Bertz CT molecular complexity index is 391. The summed E-state index contributed by atoms with van der Waals surface area (Å²) in [6.45, 7) is 18.8. The van der Waals surface area contributed by atoms with Gasteiger partial charge in [-0.15, -0.1) is 0 Å². The number of rotatable bonds is 8. The van der Waals surface area contributed by atoms with Crippen molar-refractivity contribution >= 4 is 6.16 Å². The van der Waals surface area contributed by atoms with Crippen molar-refractivity contribution in [1.82, 2.24) is 0 Å². The number of hydrogen-bond donors (Lipinski definition) is 1. The van der Waals surface area contributed by atoms with Gasteiger partial charge in [0.05, 0.1) is 11.2 Å². The van der Waals surface area contributed by atoms with Crippen LogP contribution in [0.5, 0.6) is 0 Å². The standard InChI is InChI=1S/C18H36O5/c1-11-15(3,4)23-18(9,10)17(7,8)22-14(19)21-12-13(2)16(5,6)20/h13,20H,11-12H2,1-10H3. The summed E-state index contributed by atoms with van der Waals surface area (Å²) in [6.07, 6.45) is 0.0946. The van der Waals surface area contributed by atoms with Gasteiger partial charge in [-0.3, -0.25) is 0 Å². The van der Waals surface area contributed by atoms with Crippen LogP contribution >= 0.6 is 0 Å². The van der Waals surface area contributed by atoms with E-state index in [4.69, 9.17) is 14.2 Å². The average Bonchev–Trinajstić information content (AvgIpc) is 2.32. The van der Waals surface area contributed by atoms with Crippen LogP contribution in [0, 0.1) is 5.92 Å². The predicted octanol–water partition coefficient (Wildman–Crippen LogP) is 4.31. The van der Waals surface area contributed by atoms with Crippen LogP contribution in [0.15, 0.2) is 0 Å². The molecule has 5 nitrogen and oxygen atoms in total. The van der Waals surface area contributed by atoms with Crippen molar-refractivity contribution in [1.29, 1.82) is 0 Å². The molecule has 0 rings (SSSR count). The zero-order valence-corrected chi connectivity index (χ0v) is 16.6. The molecule has 0 heterocycles.